The van der Waals surface area contributed by atoms with Crippen LogP contribution in [-0.4, -0.2) is 53.3 Å². The maximum atomic E-state index is 11.7. The Morgan fingerprint density at radius 3 is 1.80 bits per heavy atom. The number of nitrogens with zero attached hydrogens (tertiary/aromatic N) is 1. The van der Waals surface area contributed by atoms with Gasteiger partial charge in [0.25, 0.3) is 11.8 Å². The number of aromatic nitrogens is 1. The van der Waals surface area contributed by atoms with E-state index in [-0.39, 0.29) is 36.4 Å². The maximum absolute atomic E-state index is 11.7. The van der Waals surface area contributed by atoms with E-state index in [1.54, 1.807) is 6.07 Å². The van der Waals surface area contributed by atoms with Gasteiger partial charge in [0.2, 0.25) is 0 Å². The van der Waals surface area contributed by atoms with Crippen LogP contribution in [0.15, 0.2) is 18.2 Å². The molecule has 0 fully saturated rings. The van der Waals surface area contributed by atoms with Crippen LogP contribution in [0.4, 0.5) is 0 Å². The summed E-state index contributed by atoms with van der Waals surface area (Å²) in [5.74, 6) is -0.771. The third-order valence-corrected chi connectivity index (χ3v) is 2.46. The number of hydrogen-bond acceptors (Lipinski definition) is 5. The fraction of sp³-hybridized carbons (Fsp3) is 0.462. The highest BCUT2D eigenvalue weighted by Crippen LogP contribution is 2.00. The Morgan fingerprint density at radius 2 is 1.40 bits per heavy atom. The SMILES string of the molecule is O=C(NCCCO)c1cccc(C(=O)NCCCO)n1. The topological polar surface area (TPSA) is 112 Å². The second-order valence-electron chi connectivity index (χ2n) is 4.07. The summed E-state index contributed by atoms with van der Waals surface area (Å²) in [6.07, 6.45) is 0.931. The largest absolute Gasteiger partial charge is 0.396 e. The van der Waals surface area contributed by atoms with Crippen molar-refractivity contribution in [2.75, 3.05) is 26.3 Å². The van der Waals surface area contributed by atoms with Crippen molar-refractivity contribution < 1.29 is 19.8 Å². The molecule has 0 aromatic carbocycles. The molecular weight excluding hydrogens is 262 g/mol. The third kappa shape index (κ3) is 5.33. The molecule has 0 aliphatic rings. The van der Waals surface area contributed by atoms with Gasteiger partial charge in [-0.05, 0) is 25.0 Å². The Hall–Kier alpha value is -1.99. The van der Waals surface area contributed by atoms with Crippen LogP contribution in [-0.2, 0) is 0 Å². The Bertz CT molecular complexity index is 414. The molecular formula is C13H19N3O4. The highest BCUT2D eigenvalue weighted by atomic mass is 16.3. The predicted molar refractivity (Wildman–Crippen MR) is 72.3 cm³/mol. The number of carbonyl (C=O) groups is 2. The summed E-state index contributed by atoms with van der Waals surface area (Å²) in [5.41, 5.74) is 0.301. The lowest BCUT2D eigenvalue weighted by Crippen LogP contribution is -2.29. The minimum absolute atomic E-state index is 0.00100. The van der Waals surface area contributed by atoms with Crippen LogP contribution in [0.5, 0.6) is 0 Å². The molecule has 0 radical (unpaired) electrons. The van der Waals surface area contributed by atoms with Crippen molar-refractivity contribution in [2.24, 2.45) is 0 Å². The van der Waals surface area contributed by atoms with Crippen molar-refractivity contribution in [3.63, 3.8) is 0 Å². The Morgan fingerprint density at radius 1 is 0.950 bits per heavy atom. The molecule has 1 heterocycles. The van der Waals surface area contributed by atoms with Gasteiger partial charge in [0.1, 0.15) is 11.4 Å². The number of hydrogen-bond donors (Lipinski definition) is 4. The summed E-state index contributed by atoms with van der Waals surface area (Å²) < 4.78 is 0. The fourth-order valence-corrected chi connectivity index (χ4v) is 1.43. The fourth-order valence-electron chi connectivity index (χ4n) is 1.43. The molecule has 0 atom stereocenters. The second-order valence-corrected chi connectivity index (χ2v) is 4.07. The molecule has 0 aliphatic heterocycles. The Kier molecular flexibility index (Phi) is 7.23. The molecule has 20 heavy (non-hydrogen) atoms. The summed E-state index contributed by atoms with van der Waals surface area (Å²) in [6, 6.07) is 4.60. The highest BCUT2D eigenvalue weighted by Gasteiger charge is 2.11. The minimum Gasteiger partial charge on any atom is -0.396 e. The number of aliphatic hydroxyl groups is 2. The lowest BCUT2D eigenvalue weighted by molar-refractivity contribution is 0.0942. The normalized spacial score (nSPS) is 10.1. The Balaban J connectivity index is 2.60. The zero-order valence-electron chi connectivity index (χ0n) is 11.1. The molecule has 0 aliphatic carbocycles. The van der Waals surface area contributed by atoms with Gasteiger partial charge in [-0.15, -0.1) is 0 Å². The van der Waals surface area contributed by atoms with Gasteiger partial charge in [0.15, 0.2) is 0 Å². The van der Waals surface area contributed by atoms with E-state index in [1.807, 2.05) is 0 Å². The molecule has 110 valence electrons. The summed E-state index contributed by atoms with van der Waals surface area (Å²) >= 11 is 0. The summed E-state index contributed by atoms with van der Waals surface area (Å²) in [7, 11) is 0. The molecule has 7 heteroatoms. The second kappa shape index (κ2) is 9.00. The predicted octanol–water partition coefficient (Wildman–Crippen LogP) is -0.694. The average molecular weight is 281 g/mol. The van der Waals surface area contributed by atoms with Crippen LogP contribution in [0, 0.1) is 0 Å². The first kappa shape index (κ1) is 16.1. The molecule has 1 aromatic heterocycles. The van der Waals surface area contributed by atoms with Crippen molar-refractivity contribution in [2.45, 2.75) is 12.8 Å². The monoisotopic (exact) mass is 281 g/mol. The number of pyridine rings is 1. The molecule has 0 bridgehead atoms. The maximum Gasteiger partial charge on any atom is 0.269 e. The van der Waals surface area contributed by atoms with E-state index in [1.165, 1.54) is 12.1 Å². The highest BCUT2D eigenvalue weighted by molar-refractivity contribution is 5.96. The number of rotatable bonds is 8. The number of nitrogens with one attached hydrogen (secondary N) is 2. The number of amides is 2. The van der Waals surface area contributed by atoms with E-state index in [0.717, 1.165) is 0 Å². The molecule has 0 saturated heterocycles. The third-order valence-electron chi connectivity index (χ3n) is 2.46. The molecule has 1 rings (SSSR count). The molecule has 0 unspecified atom stereocenters. The molecule has 7 nitrogen and oxygen atoms in total. The van der Waals surface area contributed by atoms with E-state index in [0.29, 0.717) is 25.9 Å². The van der Waals surface area contributed by atoms with Gasteiger partial charge in [0, 0.05) is 26.3 Å². The molecule has 0 saturated carbocycles. The summed E-state index contributed by atoms with van der Waals surface area (Å²) in [6.45, 7) is 0.704. The molecule has 1 aromatic rings. The van der Waals surface area contributed by atoms with Crippen LogP contribution in [0.2, 0.25) is 0 Å². The van der Waals surface area contributed by atoms with Crippen molar-refractivity contribution in [3.8, 4) is 0 Å². The van der Waals surface area contributed by atoms with Gasteiger partial charge in [0.05, 0.1) is 0 Å². The van der Waals surface area contributed by atoms with E-state index < -0.39 is 0 Å². The van der Waals surface area contributed by atoms with Crippen molar-refractivity contribution in [1.82, 2.24) is 15.6 Å². The van der Waals surface area contributed by atoms with E-state index in [9.17, 15) is 9.59 Å². The zero-order valence-corrected chi connectivity index (χ0v) is 11.1. The molecule has 2 amide bonds. The van der Waals surface area contributed by atoms with Crippen LogP contribution in [0.1, 0.15) is 33.8 Å². The molecule has 0 spiro atoms. The summed E-state index contributed by atoms with van der Waals surface area (Å²) in [5, 5.41) is 22.4. The average Bonchev–Trinajstić information content (AvgIpc) is 2.47. The van der Waals surface area contributed by atoms with Crippen LogP contribution in [0.25, 0.3) is 0 Å². The van der Waals surface area contributed by atoms with Gasteiger partial charge >= 0.3 is 0 Å². The van der Waals surface area contributed by atoms with Gasteiger partial charge < -0.3 is 20.8 Å². The van der Waals surface area contributed by atoms with Gasteiger partial charge in [-0.1, -0.05) is 6.07 Å². The minimum atomic E-state index is -0.386. The van der Waals surface area contributed by atoms with Crippen LogP contribution in [0.3, 0.4) is 0 Å². The lowest BCUT2D eigenvalue weighted by Gasteiger charge is -2.06. The summed E-state index contributed by atoms with van der Waals surface area (Å²) in [4.78, 5) is 27.5. The first-order valence-corrected chi connectivity index (χ1v) is 6.44. The first-order chi connectivity index (χ1) is 9.69. The van der Waals surface area contributed by atoms with Crippen molar-refractivity contribution in [1.29, 1.82) is 0 Å². The smallest absolute Gasteiger partial charge is 0.269 e. The zero-order chi connectivity index (χ0) is 14.8. The molecule has 4 N–H and O–H groups in total. The van der Waals surface area contributed by atoms with Gasteiger partial charge in [-0.25, -0.2) is 4.98 Å². The number of aliphatic hydroxyl groups excluding tert-OH is 2. The van der Waals surface area contributed by atoms with Crippen molar-refractivity contribution >= 4 is 11.8 Å². The van der Waals surface area contributed by atoms with E-state index >= 15 is 0 Å². The van der Waals surface area contributed by atoms with Crippen molar-refractivity contribution in [3.05, 3.63) is 29.6 Å². The Labute approximate surface area is 117 Å². The van der Waals surface area contributed by atoms with Gasteiger partial charge in [-0.2, -0.15) is 0 Å². The van der Waals surface area contributed by atoms with Gasteiger partial charge in [-0.3, -0.25) is 9.59 Å². The van der Waals surface area contributed by atoms with Crippen LogP contribution < -0.4 is 10.6 Å². The first-order valence-electron chi connectivity index (χ1n) is 6.44. The standard InChI is InChI=1S/C13H19N3O4/c17-8-2-6-14-12(19)10-4-1-5-11(16-10)13(20)15-7-3-9-18/h1,4-5,17-18H,2-3,6-9H2,(H,14,19)(H,15,20). The van der Waals surface area contributed by atoms with E-state index in [2.05, 4.69) is 15.6 Å². The number of carbonyl (C=O) groups excluding carboxylic acids is 2. The van der Waals surface area contributed by atoms with E-state index in [4.69, 9.17) is 10.2 Å². The quantitative estimate of drug-likeness (QED) is 0.471. The van der Waals surface area contributed by atoms with Crippen LogP contribution >= 0.6 is 0 Å². The lowest BCUT2D eigenvalue weighted by atomic mass is 10.2.